The molecule has 0 radical (unpaired) electrons. The molecule has 1 aromatic heterocycles. The molecule has 1 aromatic carbocycles. The number of thiophene rings is 1. The predicted molar refractivity (Wildman–Crippen MR) is 80.7 cm³/mol. The van der Waals surface area contributed by atoms with Gasteiger partial charge in [0, 0.05) is 12.5 Å². The number of carbonyl (C=O) groups is 1. The van der Waals surface area contributed by atoms with Gasteiger partial charge in [0.05, 0.1) is 0 Å². The smallest absolute Gasteiger partial charge is 0.303 e. The van der Waals surface area contributed by atoms with Gasteiger partial charge in [-0.05, 0) is 35.6 Å². The van der Waals surface area contributed by atoms with Crippen LogP contribution in [0.5, 0.6) is 0 Å². The number of carboxylic acids is 1. The maximum atomic E-state index is 13.0. The summed E-state index contributed by atoms with van der Waals surface area (Å²) < 4.78 is 40.2. The third-order valence-corrected chi connectivity index (χ3v) is 5.85. The summed E-state index contributed by atoms with van der Waals surface area (Å²) in [5, 5.41) is 10.4. The largest absolute Gasteiger partial charge is 0.481 e. The Hall–Kier alpha value is -1.77. The molecule has 0 fully saturated rings. The third kappa shape index (κ3) is 4.36. The van der Waals surface area contributed by atoms with Crippen molar-refractivity contribution in [1.82, 2.24) is 4.72 Å². The first-order valence-electron chi connectivity index (χ1n) is 6.41. The lowest BCUT2D eigenvalue weighted by Crippen LogP contribution is -2.28. The number of benzene rings is 1. The van der Waals surface area contributed by atoms with Crippen molar-refractivity contribution in [2.75, 3.05) is 0 Å². The van der Waals surface area contributed by atoms with Crippen LogP contribution in [0.4, 0.5) is 4.39 Å². The molecule has 0 aliphatic carbocycles. The normalized spacial score (nSPS) is 13.0. The van der Waals surface area contributed by atoms with E-state index in [4.69, 9.17) is 5.11 Å². The molecule has 1 atom stereocenters. The van der Waals surface area contributed by atoms with Crippen molar-refractivity contribution in [3.8, 4) is 0 Å². The summed E-state index contributed by atoms with van der Waals surface area (Å²) in [6.45, 7) is 0. The van der Waals surface area contributed by atoms with Crippen LogP contribution in [0.3, 0.4) is 0 Å². The van der Waals surface area contributed by atoms with E-state index in [1.807, 2.05) is 0 Å². The van der Waals surface area contributed by atoms with Crippen molar-refractivity contribution >= 4 is 27.3 Å². The fourth-order valence-electron chi connectivity index (χ4n) is 1.92. The Balaban J connectivity index is 2.24. The highest BCUT2D eigenvalue weighted by Crippen LogP contribution is 2.24. The summed E-state index contributed by atoms with van der Waals surface area (Å²) in [6.07, 6.45) is -0.124. The highest BCUT2D eigenvalue weighted by molar-refractivity contribution is 7.91. The monoisotopic (exact) mass is 343 g/mol. The van der Waals surface area contributed by atoms with Gasteiger partial charge in [-0.3, -0.25) is 4.79 Å². The molecular weight excluding hydrogens is 329 g/mol. The van der Waals surface area contributed by atoms with E-state index in [1.54, 1.807) is 11.4 Å². The number of hydrogen-bond donors (Lipinski definition) is 2. The summed E-state index contributed by atoms with van der Waals surface area (Å²) in [6, 6.07) is 7.65. The standard InChI is InChI=1S/C14H14FNO4S2/c15-11-5-3-10(4-6-11)12(7-8-13(17)18)16-22(19,20)14-2-1-9-21-14/h1-6,9,12,16H,7-8H2,(H,17,18). The van der Waals surface area contributed by atoms with E-state index in [0.717, 1.165) is 11.3 Å². The number of hydrogen-bond acceptors (Lipinski definition) is 4. The zero-order valence-corrected chi connectivity index (χ0v) is 13.0. The second-order valence-electron chi connectivity index (χ2n) is 4.59. The lowest BCUT2D eigenvalue weighted by molar-refractivity contribution is -0.137. The van der Waals surface area contributed by atoms with Gasteiger partial charge in [-0.2, -0.15) is 0 Å². The van der Waals surface area contributed by atoms with Gasteiger partial charge >= 0.3 is 5.97 Å². The van der Waals surface area contributed by atoms with E-state index in [0.29, 0.717) is 5.56 Å². The van der Waals surface area contributed by atoms with E-state index < -0.39 is 27.9 Å². The fourth-order valence-corrected chi connectivity index (χ4v) is 4.19. The Kier molecular flexibility index (Phi) is 5.28. The second kappa shape index (κ2) is 6.99. The number of nitrogens with one attached hydrogen (secondary N) is 1. The van der Waals surface area contributed by atoms with Gasteiger partial charge in [-0.1, -0.05) is 18.2 Å². The maximum Gasteiger partial charge on any atom is 0.303 e. The average Bonchev–Trinajstić information content (AvgIpc) is 2.99. The molecule has 0 aliphatic rings. The lowest BCUT2D eigenvalue weighted by atomic mass is 10.0. The lowest BCUT2D eigenvalue weighted by Gasteiger charge is -2.18. The number of aliphatic carboxylic acids is 1. The van der Waals surface area contributed by atoms with Crippen LogP contribution in [0, 0.1) is 5.82 Å². The minimum absolute atomic E-state index is 0.0750. The Labute approximate surface area is 131 Å². The topological polar surface area (TPSA) is 83.5 Å². The van der Waals surface area contributed by atoms with Crippen LogP contribution in [-0.4, -0.2) is 19.5 Å². The van der Waals surface area contributed by atoms with Gasteiger partial charge in [0.2, 0.25) is 0 Å². The average molecular weight is 343 g/mol. The molecule has 118 valence electrons. The van der Waals surface area contributed by atoms with Crippen LogP contribution in [-0.2, 0) is 14.8 Å². The number of rotatable bonds is 7. The molecule has 2 N–H and O–H groups in total. The molecule has 2 aromatic rings. The quantitative estimate of drug-likeness (QED) is 0.810. The van der Waals surface area contributed by atoms with E-state index in [1.165, 1.54) is 30.3 Å². The van der Waals surface area contributed by atoms with Crippen LogP contribution in [0.25, 0.3) is 0 Å². The summed E-state index contributed by atoms with van der Waals surface area (Å²) in [4.78, 5) is 10.7. The minimum Gasteiger partial charge on any atom is -0.481 e. The molecule has 0 spiro atoms. The van der Waals surface area contributed by atoms with E-state index >= 15 is 0 Å². The van der Waals surface area contributed by atoms with Crippen LogP contribution in [0.15, 0.2) is 46.0 Å². The highest BCUT2D eigenvalue weighted by Gasteiger charge is 2.22. The van der Waals surface area contributed by atoms with Gasteiger partial charge in [0.1, 0.15) is 10.0 Å². The van der Waals surface area contributed by atoms with Crippen molar-refractivity contribution in [2.45, 2.75) is 23.1 Å². The van der Waals surface area contributed by atoms with Crippen LogP contribution < -0.4 is 4.72 Å². The maximum absolute atomic E-state index is 13.0. The molecule has 2 rings (SSSR count). The number of carboxylic acid groups (broad SMARTS) is 1. The zero-order chi connectivity index (χ0) is 16.2. The third-order valence-electron chi connectivity index (χ3n) is 2.98. The summed E-state index contributed by atoms with van der Waals surface area (Å²) >= 11 is 1.07. The van der Waals surface area contributed by atoms with E-state index in [-0.39, 0.29) is 17.1 Å². The van der Waals surface area contributed by atoms with Gasteiger partial charge in [-0.15, -0.1) is 11.3 Å². The summed E-state index contributed by atoms with van der Waals surface area (Å²) in [5.74, 6) is -1.47. The van der Waals surface area contributed by atoms with Crippen molar-refractivity contribution in [2.24, 2.45) is 0 Å². The summed E-state index contributed by atoms with van der Waals surface area (Å²) in [7, 11) is -3.74. The van der Waals surface area contributed by atoms with Gasteiger partial charge in [-0.25, -0.2) is 17.5 Å². The fraction of sp³-hybridized carbons (Fsp3) is 0.214. The molecular formula is C14H14FNO4S2. The molecule has 0 aliphatic heterocycles. The number of halogens is 1. The Morgan fingerprint density at radius 1 is 1.27 bits per heavy atom. The molecule has 8 heteroatoms. The van der Waals surface area contributed by atoms with E-state index in [2.05, 4.69) is 4.72 Å². The van der Waals surface area contributed by atoms with Crippen LogP contribution in [0.1, 0.15) is 24.4 Å². The van der Waals surface area contributed by atoms with Crippen molar-refractivity contribution in [3.05, 3.63) is 53.2 Å². The molecule has 0 amide bonds. The highest BCUT2D eigenvalue weighted by atomic mass is 32.2. The van der Waals surface area contributed by atoms with Crippen molar-refractivity contribution in [3.63, 3.8) is 0 Å². The van der Waals surface area contributed by atoms with Crippen LogP contribution in [0.2, 0.25) is 0 Å². The first-order chi connectivity index (χ1) is 10.4. The molecule has 1 heterocycles. The molecule has 0 bridgehead atoms. The van der Waals surface area contributed by atoms with Crippen molar-refractivity contribution in [1.29, 1.82) is 0 Å². The van der Waals surface area contributed by atoms with Crippen LogP contribution >= 0.6 is 11.3 Å². The summed E-state index contributed by atoms with van der Waals surface area (Å²) in [5.41, 5.74) is 0.516. The van der Waals surface area contributed by atoms with Gasteiger partial charge < -0.3 is 5.11 Å². The predicted octanol–water partition coefficient (Wildman–Crippen LogP) is 2.77. The molecule has 1 unspecified atom stereocenters. The SMILES string of the molecule is O=C(O)CCC(NS(=O)(=O)c1cccs1)c1ccc(F)cc1. The Morgan fingerprint density at radius 2 is 1.95 bits per heavy atom. The van der Waals surface area contributed by atoms with Crippen molar-refractivity contribution < 1.29 is 22.7 Å². The molecule has 5 nitrogen and oxygen atoms in total. The number of sulfonamides is 1. The zero-order valence-electron chi connectivity index (χ0n) is 11.4. The minimum atomic E-state index is -3.74. The van der Waals surface area contributed by atoms with Gasteiger partial charge in [0.25, 0.3) is 10.0 Å². The molecule has 22 heavy (non-hydrogen) atoms. The van der Waals surface area contributed by atoms with E-state index in [9.17, 15) is 17.6 Å². The van der Waals surface area contributed by atoms with Gasteiger partial charge in [0.15, 0.2) is 0 Å². The Morgan fingerprint density at radius 3 is 2.50 bits per heavy atom. The first kappa shape index (κ1) is 16.6. The molecule has 0 saturated carbocycles. The second-order valence-corrected chi connectivity index (χ2v) is 7.48. The first-order valence-corrected chi connectivity index (χ1v) is 8.78. The Bertz CT molecular complexity index is 727. The molecule has 0 saturated heterocycles.